The standard InChI is InChI=1S/C21H23F3N2O3/c1-14(20(27)25-16-5-11-19(12-6-16)29-21(22,23)24)26(17-7-8-17)13-15-3-9-18(28-2)10-4-15/h3-6,9-12,14,17H,7-8,13H2,1-2H3,(H,25,27)/t14-/m0/s1. The van der Waals surface area contributed by atoms with Crippen LogP contribution in [0.4, 0.5) is 18.9 Å². The molecule has 1 N–H and O–H groups in total. The molecule has 8 heteroatoms. The molecular formula is C21H23F3N2O3. The molecule has 1 aliphatic carbocycles. The zero-order valence-corrected chi connectivity index (χ0v) is 16.2. The van der Waals surface area contributed by atoms with E-state index < -0.39 is 12.4 Å². The number of carbonyl (C=O) groups excluding carboxylic acids is 1. The van der Waals surface area contributed by atoms with Crippen LogP contribution in [0.3, 0.4) is 0 Å². The minimum absolute atomic E-state index is 0.213. The Morgan fingerprint density at radius 1 is 1.10 bits per heavy atom. The van der Waals surface area contributed by atoms with Crippen molar-refractivity contribution in [1.82, 2.24) is 4.90 Å². The Hall–Kier alpha value is -2.74. The number of nitrogens with zero attached hydrogens (tertiary/aromatic N) is 1. The predicted octanol–water partition coefficient (Wildman–Crippen LogP) is 4.59. The van der Waals surface area contributed by atoms with E-state index in [2.05, 4.69) is 15.0 Å². The largest absolute Gasteiger partial charge is 0.573 e. The quantitative estimate of drug-likeness (QED) is 0.695. The maximum Gasteiger partial charge on any atom is 0.573 e. The van der Waals surface area contributed by atoms with Crippen molar-refractivity contribution < 1.29 is 27.4 Å². The molecule has 1 fully saturated rings. The average molecular weight is 408 g/mol. The molecule has 0 spiro atoms. The van der Waals surface area contributed by atoms with Crippen LogP contribution in [0.5, 0.6) is 11.5 Å². The van der Waals surface area contributed by atoms with Crippen molar-refractivity contribution in [2.75, 3.05) is 12.4 Å². The maximum absolute atomic E-state index is 12.7. The Kier molecular flexibility index (Phi) is 6.32. The van der Waals surface area contributed by atoms with Gasteiger partial charge in [-0.2, -0.15) is 0 Å². The lowest BCUT2D eigenvalue weighted by Gasteiger charge is -2.28. The normalized spacial score (nSPS) is 15.1. The average Bonchev–Trinajstić information content (AvgIpc) is 3.51. The fourth-order valence-corrected chi connectivity index (χ4v) is 3.07. The summed E-state index contributed by atoms with van der Waals surface area (Å²) in [6, 6.07) is 12.8. The van der Waals surface area contributed by atoms with Crippen molar-refractivity contribution in [2.24, 2.45) is 0 Å². The smallest absolute Gasteiger partial charge is 0.497 e. The molecule has 1 atom stereocenters. The van der Waals surface area contributed by atoms with E-state index in [4.69, 9.17) is 4.74 Å². The van der Waals surface area contributed by atoms with Gasteiger partial charge in [-0.25, -0.2) is 0 Å². The molecular weight excluding hydrogens is 385 g/mol. The first-order chi connectivity index (χ1) is 13.7. The van der Waals surface area contributed by atoms with Gasteiger partial charge in [0.05, 0.1) is 13.2 Å². The van der Waals surface area contributed by atoms with Crippen LogP contribution < -0.4 is 14.8 Å². The third-order valence-electron chi connectivity index (χ3n) is 4.77. The number of alkyl halides is 3. The van der Waals surface area contributed by atoms with Gasteiger partial charge in [-0.05, 0) is 61.7 Å². The number of anilines is 1. The first-order valence-electron chi connectivity index (χ1n) is 9.30. The molecule has 1 aliphatic rings. The molecule has 0 aromatic heterocycles. The lowest BCUT2D eigenvalue weighted by molar-refractivity contribution is -0.274. The van der Waals surface area contributed by atoms with E-state index in [0.29, 0.717) is 18.3 Å². The highest BCUT2D eigenvalue weighted by Gasteiger charge is 2.35. The molecule has 2 aromatic carbocycles. The summed E-state index contributed by atoms with van der Waals surface area (Å²) in [4.78, 5) is 14.8. The van der Waals surface area contributed by atoms with Crippen molar-refractivity contribution in [3.63, 3.8) is 0 Å². The number of methoxy groups -OCH3 is 1. The summed E-state index contributed by atoms with van der Waals surface area (Å²) < 4.78 is 45.7. The Balaban J connectivity index is 1.62. The summed E-state index contributed by atoms with van der Waals surface area (Å²) in [6.45, 7) is 2.46. The molecule has 5 nitrogen and oxygen atoms in total. The van der Waals surface area contributed by atoms with E-state index in [0.717, 1.165) is 24.2 Å². The van der Waals surface area contributed by atoms with E-state index in [1.54, 1.807) is 7.11 Å². The molecule has 1 saturated carbocycles. The monoisotopic (exact) mass is 408 g/mol. The summed E-state index contributed by atoms with van der Waals surface area (Å²) in [5, 5.41) is 2.76. The van der Waals surface area contributed by atoms with E-state index in [-0.39, 0.29) is 11.7 Å². The number of hydrogen-bond donors (Lipinski definition) is 1. The minimum atomic E-state index is -4.74. The van der Waals surface area contributed by atoms with Crippen LogP contribution in [0.15, 0.2) is 48.5 Å². The molecule has 0 saturated heterocycles. The van der Waals surface area contributed by atoms with Gasteiger partial charge in [0.2, 0.25) is 5.91 Å². The first-order valence-corrected chi connectivity index (χ1v) is 9.30. The third-order valence-corrected chi connectivity index (χ3v) is 4.77. The zero-order valence-electron chi connectivity index (χ0n) is 16.2. The summed E-state index contributed by atoms with van der Waals surface area (Å²) in [5.74, 6) is 0.230. The van der Waals surface area contributed by atoms with Crippen LogP contribution in [0.1, 0.15) is 25.3 Å². The zero-order chi connectivity index (χ0) is 21.0. The number of amides is 1. The van der Waals surface area contributed by atoms with Gasteiger partial charge in [0.25, 0.3) is 0 Å². The van der Waals surface area contributed by atoms with Crippen LogP contribution in [-0.4, -0.2) is 36.4 Å². The number of carbonyl (C=O) groups is 1. The van der Waals surface area contributed by atoms with Gasteiger partial charge >= 0.3 is 6.36 Å². The van der Waals surface area contributed by atoms with Gasteiger partial charge in [-0.15, -0.1) is 13.2 Å². The summed E-state index contributed by atoms with van der Waals surface area (Å²) in [6.07, 6.45) is -2.67. The molecule has 0 bridgehead atoms. The van der Waals surface area contributed by atoms with Crippen molar-refractivity contribution in [3.8, 4) is 11.5 Å². The second kappa shape index (κ2) is 8.73. The first kappa shape index (κ1) is 21.0. The molecule has 1 amide bonds. The van der Waals surface area contributed by atoms with Crippen molar-refractivity contribution in [1.29, 1.82) is 0 Å². The van der Waals surface area contributed by atoms with Gasteiger partial charge in [-0.3, -0.25) is 9.69 Å². The van der Waals surface area contributed by atoms with Crippen LogP contribution in [0.25, 0.3) is 0 Å². The molecule has 29 heavy (non-hydrogen) atoms. The number of nitrogens with one attached hydrogen (secondary N) is 1. The number of halogens is 3. The minimum Gasteiger partial charge on any atom is -0.497 e. The number of ether oxygens (including phenoxy) is 2. The van der Waals surface area contributed by atoms with E-state index in [1.165, 1.54) is 24.3 Å². The number of rotatable bonds is 8. The lowest BCUT2D eigenvalue weighted by Crippen LogP contribution is -2.42. The molecule has 0 aliphatic heterocycles. The van der Waals surface area contributed by atoms with Crippen molar-refractivity contribution in [2.45, 2.75) is 44.8 Å². The summed E-state index contributed by atoms with van der Waals surface area (Å²) in [5.41, 5.74) is 1.49. The molecule has 0 radical (unpaired) electrons. The molecule has 2 aromatic rings. The molecule has 0 heterocycles. The second-order valence-electron chi connectivity index (χ2n) is 6.99. The Labute approximate surface area is 167 Å². The highest BCUT2D eigenvalue weighted by molar-refractivity contribution is 5.94. The van der Waals surface area contributed by atoms with Crippen molar-refractivity contribution in [3.05, 3.63) is 54.1 Å². The molecule has 3 rings (SSSR count). The van der Waals surface area contributed by atoms with Gasteiger partial charge in [0.15, 0.2) is 0 Å². The Morgan fingerprint density at radius 3 is 2.21 bits per heavy atom. The fourth-order valence-electron chi connectivity index (χ4n) is 3.07. The van der Waals surface area contributed by atoms with Crippen molar-refractivity contribution >= 4 is 11.6 Å². The number of benzene rings is 2. The van der Waals surface area contributed by atoms with Crippen LogP contribution in [0, 0.1) is 0 Å². The van der Waals surface area contributed by atoms with Gasteiger partial charge in [0, 0.05) is 18.3 Å². The highest BCUT2D eigenvalue weighted by Crippen LogP contribution is 2.31. The fraction of sp³-hybridized carbons (Fsp3) is 0.381. The molecule has 156 valence electrons. The summed E-state index contributed by atoms with van der Waals surface area (Å²) in [7, 11) is 1.61. The van der Waals surface area contributed by atoms with Gasteiger partial charge in [-0.1, -0.05) is 12.1 Å². The van der Waals surface area contributed by atoms with Gasteiger partial charge < -0.3 is 14.8 Å². The predicted molar refractivity (Wildman–Crippen MR) is 103 cm³/mol. The SMILES string of the molecule is COc1ccc(CN(C2CC2)[C@@H](C)C(=O)Nc2ccc(OC(F)(F)F)cc2)cc1. The number of hydrogen-bond acceptors (Lipinski definition) is 4. The summed E-state index contributed by atoms with van der Waals surface area (Å²) >= 11 is 0. The van der Waals surface area contributed by atoms with Crippen LogP contribution >= 0.6 is 0 Å². The van der Waals surface area contributed by atoms with E-state index in [9.17, 15) is 18.0 Å². The van der Waals surface area contributed by atoms with E-state index in [1.807, 2.05) is 31.2 Å². The van der Waals surface area contributed by atoms with Gasteiger partial charge in [0.1, 0.15) is 11.5 Å². The maximum atomic E-state index is 12.7. The van der Waals surface area contributed by atoms with Crippen LogP contribution in [0.2, 0.25) is 0 Å². The van der Waals surface area contributed by atoms with Crippen LogP contribution in [-0.2, 0) is 11.3 Å². The topological polar surface area (TPSA) is 50.8 Å². The third kappa shape index (κ3) is 6.12. The Morgan fingerprint density at radius 2 is 1.69 bits per heavy atom. The lowest BCUT2D eigenvalue weighted by atomic mass is 10.1. The molecule has 0 unspecified atom stereocenters. The highest BCUT2D eigenvalue weighted by atomic mass is 19.4. The Bertz CT molecular complexity index is 819. The second-order valence-corrected chi connectivity index (χ2v) is 6.99. The van der Waals surface area contributed by atoms with E-state index >= 15 is 0 Å².